The van der Waals surface area contributed by atoms with E-state index in [1.807, 2.05) is 24.3 Å². The van der Waals surface area contributed by atoms with Crippen LogP contribution in [0.4, 0.5) is 18.9 Å². The molecule has 0 saturated heterocycles. The van der Waals surface area contributed by atoms with Gasteiger partial charge in [0.2, 0.25) is 0 Å². The number of alkyl halides is 3. The van der Waals surface area contributed by atoms with Crippen molar-refractivity contribution in [1.29, 1.82) is 0 Å². The van der Waals surface area contributed by atoms with Crippen molar-refractivity contribution in [2.24, 2.45) is 5.92 Å². The molecule has 2 atom stereocenters. The minimum absolute atomic E-state index is 0.0953. The van der Waals surface area contributed by atoms with Crippen LogP contribution in [0.5, 0.6) is 0 Å². The molecule has 4 nitrogen and oxygen atoms in total. The van der Waals surface area contributed by atoms with Gasteiger partial charge < -0.3 is 14.8 Å². The highest BCUT2D eigenvalue weighted by Gasteiger charge is 2.44. The van der Waals surface area contributed by atoms with Gasteiger partial charge in [-0.05, 0) is 53.8 Å². The third-order valence-corrected chi connectivity index (χ3v) is 5.11. The second-order valence-corrected chi connectivity index (χ2v) is 7.14. The van der Waals surface area contributed by atoms with Gasteiger partial charge in [-0.2, -0.15) is 13.2 Å². The van der Waals surface area contributed by atoms with Crippen molar-refractivity contribution in [3.8, 4) is 11.1 Å². The van der Waals surface area contributed by atoms with E-state index in [9.17, 15) is 18.0 Å². The lowest BCUT2D eigenvalue weighted by atomic mass is 10.1. The number of rotatable bonds is 6. The van der Waals surface area contributed by atoms with Gasteiger partial charge in [0, 0.05) is 11.3 Å². The maximum Gasteiger partial charge on any atom is 0.416 e. The summed E-state index contributed by atoms with van der Waals surface area (Å²) < 4.78 is 43.5. The maximum atomic E-state index is 12.7. The molecule has 1 saturated carbocycles. The highest BCUT2D eigenvalue weighted by Crippen LogP contribution is 2.47. The van der Waals surface area contributed by atoms with Crippen molar-refractivity contribution in [2.75, 3.05) is 5.32 Å². The van der Waals surface area contributed by atoms with Crippen LogP contribution in [-0.4, -0.2) is 11.1 Å². The molecule has 29 heavy (non-hydrogen) atoms. The monoisotopic (exact) mass is 401 g/mol. The van der Waals surface area contributed by atoms with Crippen LogP contribution in [0.25, 0.3) is 11.1 Å². The summed E-state index contributed by atoms with van der Waals surface area (Å²) in [6.45, 7) is 0.418. The number of benzene rings is 2. The van der Waals surface area contributed by atoms with E-state index in [0.717, 1.165) is 23.4 Å². The van der Waals surface area contributed by atoms with Crippen molar-refractivity contribution in [1.82, 2.24) is 0 Å². The maximum absolute atomic E-state index is 12.7. The summed E-state index contributed by atoms with van der Waals surface area (Å²) >= 11 is 0. The Morgan fingerprint density at radius 1 is 1.07 bits per heavy atom. The van der Waals surface area contributed by atoms with Gasteiger partial charge in [0.1, 0.15) is 5.76 Å². The fourth-order valence-corrected chi connectivity index (χ4v) is 3.35. The molecule has 1 aromatic heterocycles. The first kappa shape index (κ1) is 19.1. The number of anilines is 1. The van der Waals surface area contributed by atoms with E-state index in [1.54, 1.807) is 6.07 Å². The van der Waals surface area contributed by atoms with Crippen molar-refractivity contribution >= 4 is 11.7 Å². The van der Waals surface area contributed by atoms with Crippen LogP contribution < -0.4 is 5.32 Å². The first-order valence-electron chi connectivity index (χ1n) is 9.13. The topological polar surface area (TPSA) is 62.5 Å². The molecule has 1 heterocycles. The van der Waals surface area contributed by atoms with E-state index >= 15 is 0 Å². The van der Waals surface area contributed by atoms with Gasteiger partial charge in [-0.25, -0.2) is 0 Å². The number of halogens is 3. The van der Waals surface area contributed by atoms with E-state index in [2.05, 4.69) is 5.32 Å². The number of furan rings is 1. The number of carboxylic acid groups (broad SMARTS) is 1. The van der Waals surface area contributed by atoms with E-state index in [-0.39, 0.29) is 11.8 Å². The average Bonchev–Trinajstić information content (AvgIpc) is 3.37. The first-order valence-corrected chi connectivity index (χ1v) is 9.13. The van der Waals surface area contributed by atoms with Crippen molar-refractivity contribution in [3.05, 3.63) is 77.7 Å². The van der Waals surface area contributed by atoms with Gasteiger partial charge in [-0.1, -0.05) is 24.3 Å². The van der Waals surface area contributed by atoms with E-state index in [4.69, 9.17) is 9.52 Å². The van der Waals surface area contributed by atoms with Gasteiger partial charge in [0.05, 0.1) is 24.3 Å². The standard InChI is InChI=1S/C22H18F3NO3/c23-22(24,25)16-5-1-13(2-6-16)15-9-18(29-12-15)11-26-17-7-3-14(4-8-17)19-10-20(19)21(27)28/h1-9,12,19-20,26H,10-11H2,(H,27,28)/t19-,20+/m0/s1. The van der Waals surface area contributed by atoms with Crippen LogP contribution in [0.1, 0.15) is 29.2 Å². The minimum atomic E-state index is -4.35. The fraction of sp³-hybridized carbons (Fsp3) is 0.227. The zero-order valence-electron chi connectivity index (χ0n) is 15.2. The van der Waals surface area contributed by atoms with Gasteiger partial charge in [-0.3, -0.25) is 4.79 Å². The molecule has 0 bridgehead atoms. The predicted octanol–water partition coefficient (Wildman–Crippen LogP) is 5.77. The molecule has 1 fully saturated rings. The molecule has 0 unspecified atom stereocenters. The summed E-state index contributed by atoms with van der Waals surface area (Å²) in [6.07, 6.45) is -2.16. The van der Waals surface area contributed by atoms with Gasteiger partial charge in [0.15, 0.2) is 0 Å². The first-order chi connectivity index (χ1) is 13.8. The highest BCUT2D eigenvalue weighted by atomic mass is 19.4. The number of aliphatic carboxylic acids is 1. The van der Waals surface area contributed by atoms with Crippen LogP contribution in [0.15, 0.2) is 65.3 Å². The molecule has 1 aliphatic carbocycles. The third-order valence-electron chi connectivity index (χ3n) is 5.11. The molecule has 0 radical (unpaired) electrons. The van der Waals surface area contributed by atoms with Crippen LogP contribution in [0, 0.1) is 5.92 Å². The van der Waals surface area contributed by atoms with E-state index in [0.29, 0.717) is 29.9 Å². The Balaban J connectivity index is 1.35. The second kappa shape index (κ2) is 7.31. The third kappa shape index (κ3) is 4.29. The van der Waals surface area contributed by atoms with Crippen LogP contribution in [0.3, 0.4) is 0 Å². The molecular weight excluding hydrogens is 383 g/mol. The van der Waals surface area contributed by atoms with Gasteiger partial charge in [0.25, 0.3) is 0 Å². The summed E-state index contributed by atoms with van der Waals surface area (Å²) in [4.78, 5) is 11.0. The lowest BCUT2D eigenvalue weighted by molar-refractivity contribution is -0.139. The molecule has 0 aliphatic heterocycles. The SMILES string of the molecule is O=C(O)[C@@H]1C[C@H]1c1ccc(NCc2cc(-c3ccc(C(F)(F)F)cc3)co2)cc1. The Bertz CT molecular complexity index is 1010. The minimum Gasteiger partial charge on any atom is -0.481 e. The lowest BCUT2D eigenvalue weighted by Gasteiger charge is -2.06. The van der Waals surface area contributed by atoms with Gasteiger partial charge >= 0.3 is 12.1 Å². The Morgan fingerprint density at radius 2 is 1.76 bits per heavy atom. The number of carboxylic acids is 1. The van der Waals surface area contributed by atoms with E-state index in [1.165, 1.54) is 18.4 Å². The molecule has 1 aliphatic rings. The van der Waals surface area contributed by atoms with Crippen LogP contribution >= 0.6 is 0 Å². The number of hydrogen-bond donors (Lipinski definition) is 2. The molecule has 3 aromatic rings. The zero-order chi connectivity index (χ0) is 20.6. The van der Waals surface area contributed by atoms with Crippen molar-refractivity contribution in [2.45, 2.75) is 25.1 Å². The normalized spacial score (nSPS) is 18.4. The summed E-state index contributed by atoms with van der Waals surface area (Å²) in [5, 5.41) is 12.2. The number of carbonyl (C=O) groups is 1. The van der Waals surface area contributed by atoms with Crippen LogP contribution in [0.2, 0.25) is 0 Å². The Kier molecular flexibility index (Phi) is 4.82. The van der Waals surface area contributed by atoms with Crippen LogP contribution in [-0.2, 0) is 17.5 Å². The zero-order valence-corrected chi connectivity index (χ0v) is 15.2. The Morgan fingerprint density at radius 3 is 2.34 bits per heavy atom. The molecule has 2 aromatic carbocycles. The summed E-state index contributed by atoms with van der Waals surface area (Å²) in [7, 11) is 0. The predicted molar refractivity (Wildman–Crippen MR) is 101 cm³/mol. The molecule has 2 N–H and O–H groups in total. The lowest BCUT2D eigenvalue weighted by Crippen LogP contribution is -2.03. The summed E-state index contributed by atoms with van der Waals surface area (Å²) in [6, 6.07) is 14.4. The molecule has 7 heteroatoms. The van der Waals surface area contributed by atoms with Crippen molar-refractivity contribution in [3.63, 3.8) is 0 Å². The molecule has 0 spiro atoms. The smallest absolute Gasteiger partial charge is 0.416 e. The molecular formula is C22H18F3NO3. The second-order valence-electron chi connectivity index (χ2n) is 7.14. The Hall–Kier alpha value is -3.22. The molecule has 0 amide bonds. The molecule has 150 valence electrons. The van der Waals surface area contributed by atoms with E-state index < -0.39 is 17.7 Å². The highest BCUT2D eigenvalue weighted by molar-refractivity contribution is 5.75. The Labute approximate surface area is 165 Å². The molecule has 4 rings (SSSR count). The quantitative estimate of drug-likeness (QED) is 0.551. The average molecular weight is 401 g/mol. The largest absolute Gasteiger partial charge is 0.481 e. The van der Waals surface area contributed by atoms with Gasteiger partial charge in [-0.15, -0.1) is 0 Å². The summed E-state index contributed by atoms with van der Waals surface area (Å²) in [5.41, 5.74) is 2.56. The van der Waals surface area contributed by atoms with Crippen molar-refractivity contribution < 1.29 is 27.5 Å². The number of hydrogen-bond acceptors (Lipinski definition) is 3. The number of nitrogens with one attached hydrogen (secondary N) is 1. The fourth-order valence-electron chi connectivity index (χ4n) is 3.35. The summed E-state index contributed by atoms with van der Waals surface area (Å²) in [5.74, 6) is -0.283.